The number of hydrogen-bond donors (Lipinski definition) is 0. The Bertz CT molecular complexity index is 819. The van der Waals surface area contributed by atoms with E-state index in [2.05, 4.69) is 64.9 Å². The lowest BCUT2D eigenvalue weighted by Gasteiger charge is -2.16. The number of hydrogen-bond acceptors (Lipinski definition) is 2. The summed E-state index contributed by atoms with van der Waals surface area (Å²) >= 11 is 0. The predicted molar refractivity (Wildman–Crippen MR) is 102 cm³/mol. The molecule has 0 spiro atoms. The number of rotatable bonds is 4. The summed E-state index contributed by atoms with van der Waals surface area (Å²) in [6.07, 6.45) is 2.63. The molecule has 4 heteroatoms. The first-order valence-corrected chi connectivity index (χ1v) is 8.52. The minimum atomic E-state index is 0. The van der Waals surface area contributed by atoms with Crippen molar-refractivity contribution in [3.63, 3.8) is 0 Å². The van der Waals surface area contributed by atoms with Crippen LogP contribution in [0.2, 0.25) is 0 Å². The standard InChI is InChI=1S/C20H23N3.ClH/c1-16-8-2-3-9-17(16)14-23-19-11-5-4-10-18(19)21-20(23)15-22-12-6-7-13-22;/h2-5,8-11H,6-7,12-15H2,1H3;1H. The van der Waals surface area contributed by atoms with E-state index in [1.54, 1.807) is 0 Å². The van der Waals surface area contributed by atoms with Crippen molar-refractivity contribution in [1.29, 1.82) is 0 Å². The molecule has 0 radical (unpaired) electrons. The van der Waals surface area contributed by atoms with Gasteiger partial charge in [-0.2, -0.15) is 0 Å². The zero-order valence-corrected chi connectivity index (χ0v) is 14.9. The third-order valence-corrected chi connectivity index (χ3v) is 4.89. The molecule has 0 N–H and O–H groups in total. The van der Waals surface area contributed by atoms with E-state index >= 15 is 0 Å². The van der Waals surface area contributed by atoms with Gasteiger partial charge in [0.2, 0.25) is 0 Å². The van der Waals surface area contributed by atoms with Crippen LogP contribution in [-0.2, 0) is 13.1 Å². The number of nitrogens with zero attached hydrogens (tertiary/aromatic N) is 3. The number of halogens is 1. The number of aryl methyl sites for hydroxylation is 1. The monoisotopic (exact) mass is 341 g/mol. The highest BCUT2D eigenvalue weighted by Crippen LogP contribution is 2.21. The second-order valence-corrected chi connectivity index (χ2v) is 6.51. The van der Waals surface area contributed by atoms with Gasteiger partial charge < -0.3 is 4.57 Å². The molecule has 1 aliphatic heterocycles. The molecule has 3 nitrogen and oxygen atoms in total. The van der Waals surface area contributed by atoms with E-state index in [0.717, 1.165) is 18.6 Å². The van der Waals surface area contributed by atoms with Crippen molar-refractivity contribution in [3.05, 3.63) is 65.5 Å². The summed E-state index contributed by atoms with van der Waals surface area (Å²) in [5, 5.41) is 0. The van der Waals surface area contributed by atoms with Crippen molar-refractivity contribution < 1.29 is 0 Å². The Kier molecular flexibility index (Phi) is 5.22. The number of aromatic nitrogens is 2. The Morgan fingerprint density at radius 1 is 0.917 bits per heavy atom. The lowest BCUT2D eigenvalue weighted by Crippen LogP contribution is -2.21. The molecule has 126 valence electrons. The summed E-state index contributed by atoms with van der Waals surface area (Å²) in [5.41, 5.74) is 5.07. The average Bonchev–Trinajstić information content (AvgIpc) is 3.19. The highest BCUT2D eigenvalue weighted by molar-refractivity contribution is 5.85. The number of likely N-dealkylation sites (tertiary alicyclic amines) is 1. The van der Waals surface area contributed by atoms with Crippen LogP contribution in [0, 0.1) is 6.92 Å². The zero-order valence-electron chi connectivity index (χ0n) is 14.1. The van der Waals surface area contributed by atoms with Crippen molar-refractivity contribution in [1.82, 2.24) is 14.5 Å². The summed E-state index contributed by atoms with van der Waals surface area (Å²) in [7, 11) is 0. The van der Waals surface area contributed by atoms with Crippen molar-refractivity contribution in [3.8, 4) is 0 Å². The van der Waals surface area contributed by atoms with Crippen LogP contribution in [0.15, 0.2) is 48.5 Å². The average molecular weight is 342 g/mol. The molecule has 2 aromatic carbocycles. The summed E-state index contributed by atoms with van der Waals surface area (Å²) in [5.74, 6) is 1.19. The molecule has 0 amide bonds. The number of para-hydroxylation sites is 2. The molecular weight excluding hydrogens is 318 g/mol. The quantitative estimate of drug-likeness (QED) is 0.700. The maximum absolute atomic E-state index is 4.92. The van der Waals surface area contributed by atoms with Crippen LogP contribution in [0.4, 0.5) is 0 Å². The van der Waals surface area contributed by atoms with Gasteiger partial charge in [-0.05, 0) is 56.1 Å². The SMILES string of the molecule is Cc1ccccc1Cn1c(CN2CCCC2)nc2ccccc21.Cl. The molecular formula is C20H24ClN3. The first kappa shape index (κ1) is 17.0. The lowest BCUT2D eigenvalue weighted by atomic mass is 10.1. The van der Waals surface area contributed by atoms with E-state index in [0.29, 0.717) is 0 Å². The van der Waals surface area contributed by atoms with Crippen LogP contribution in [-0.4, -0.2) is 27.5 Å². The molecule has 0 aliphatic carbocycles. The molecule has 1 aromatic heterocycles. The van der Waals surface area contributed by atoms with Crippen LogP contribution in [0.25, 0.3) is 11.0 Å². The minimum Gasteiger partial charge on any atom is -0.322 e. The van der Waals surface area contributed by atoms with E-state index in [9.17, 15) is 0 Å². The third kappa shape index (κ3) is 3.33. The van der Waals surface area contributed by atoms with Gasteiger partial charge in [-0.3, -0.25) is 4.90 Å². The molecule has 0 unspecified atom stereocenters. The fourth-order valence-electron chi connectivity index (χ4n) is 3.52. The van der Waals surface area contributed by atoms with Gasteiger partial charge in [0, 0.05) is 6.54 Å². The fourth-order valence-corrected chi connectivity index (χ4v) is 3.52. The molecule has 0 saturated carbocycles. The number of fused-ring (bicyclic) bond motifs is 1. The summed E-state index contributed by atoms with van der Waals surface area (Å²) in [6, 6.07) is 17.1. The van der Waals surface area contributed by atoms with E-state index in [4.69, 9.17) is 4.98 Å². The van der Waals surface area contributed by atoms with Gasteiger partial charge in [-0.1, -0.05) is 36.4 Å². The van der Waals surface area contributed by atoms with Gasteiger partial charge in [0.05, 0.1) is 17.6 Å². The normalized spacial score (nSPS) is 14.9. The first-order valence-electron chi connectivity index (χ1n) is 8.52. The molecule has 3 aromatic rings. The van der Waals surface area contributed by atoms with Crippen molar-refractivity contribution in [2.24, 2.45) is 0 Å². The lowest BCUT2D eigenvalue weighted by molar-refractivity contribution is 0.318. The van der Waals surface area contributed by atoms with E-state index in [1.807, 2.05) is 0 Å². The summed E-state index contributed by atoms with van der Waals surface area (Å²) in [4.78, 5) is 7.45. The topological polar surface area (TPSA) is 21.1 Å². The summed E-state index contributed by atoms with van der Waals surface area (Å²) in [6.45, 7) is 6.45. The maximum atomic E-state index is 4.92. The first-order chi connectivity index (χ1) is 11.3. The van der Waals surface area contributed by atoms with Crippen LogP contribution >= 0.6 is 12.4 Å². The predicted octanol–water partition coefficient (Wildman–Crippen LogP) is 4.41. The van der Waals surface area contributed by atoms with Crippen LogP contribution in [0.1, 0.15) is 29.8 Å². The van der Waals surface area contributed by atoms with E-state index in [-0.39, 0.29) is 12.4 Å². The van der Waals surface area contributed by atoms with E-state index in [1.165, 1.54) is 48.4 Å². The van der Waals surface area contributed by atoms with Crippen molar-refractivity contribution >= 4 is 23.4 Å². The maximum Gasteiger partial charge on any atom is 0.124 e. The smallest absolute Gasteiger partial charge is 0.124 e. The fraction of sp³-hybridized carbons (Fsp3) is 0.350. The number of imidazole rings is 1. The Morgan fingerprint density at radius 2 is 1.62 bits per heavy atom. The van der Waals surface area contributed by atoms with Gasteiger partial charge in [-0.15, -0.1) is 12.4 Å². The molecule has 0 atom stereocenters. The van der Waals surface area contributed by atoms with Crippen LogP contribution < -0.4 is 0 Å². The molecule has 0 bridgehead atoms. The molecule has 1 saturated heterocycles. The second-order valence-electron chi connectivity index (χ2n) is 6.51. The van der Waals surface area contributed by atoms with Crippen LogP contribution in [0.5, 0.6) is 0 Å². The minimum absolute atomic E-state index is 0. The van der Waals surface area contributed by atoms with Gasteiger partial charge in [-0.25, -0.2) is 4.98 Å². The van der Waals surface area contributed by atoms with Gasteiger partial charge in [0.1, 0.15) is 5.82 Å². The second kappa shape index (κ2) is 7.37. The highest BCUT2D eigenvalue weighted by atomic mass is 35.5. The molecule has 4 rings (SSSR count). The molecule has 1 aliphatic rings. The largest absolute Gasteiger partial charge is 0.322 e. The van der Waals surface area contributed by atoms with Gasteiger partial charge in [0.15, 0.2) is 0 Å². The molecule has 2 heterocycles. The van der Waals surface area contributed by atoms with Crippen LogP contribution in [0.3, 0.4) is 0 Å². The third-order valence-electron chi connectivity index (χ3n) is 4.89. The Hall–Kier alpha value is -1.84. The Balaban J connectivity index is 0.00000169. The van der Waals surface area contributed by atoms with Gasteiger partial charge >= 0.3 is 0 Å². The Labute approximate surface area is 149 Å². The van der Waals surface area contributed by atoms with E-state index < -0.39 is 0 Å². The van der Waals surface area contributed by atoms with Crippen molar-refractivity contribution in [2.45, 2.75) is 32.9 Å². The molecule has 1 fully saturated rings. The Morgan fingerprint density at radius 3 is 2.42 bits per heavy atom. The number of benzene rings is 2. The zero-order chi connectivity index (χ0) is 15.6. The molecule has 24 heavy (non-hydrogen) atoms. The summed E-state index contributed by atoms with van der Waals surface area (Å²) < 4.78 is 2.40. The van der Waals surface area contributed by atoms with Crippen molar-refractivity contribution in [2.75, 3.05) is 13.1 Å². The highest BCUT2D eigenvalue weighted by Gasteiger charge is 2.17. The van der Waals surface area contributed by atoms with Gasteiger partial charge in [0.25, 0.3) is 0 Å².